The summed E-state index contributed by atoms with van der Waals surface area (Å²) < 4.78 is 0. The van der Waals surface area contributed by atoms with Gasteiger partial charge in [0.1, 0.15) is 5.56 Å². The molecule has 5 heteroatoms. The zero-order chi connectivity index (χ0) is 14.9. The number of amides is 1. The number of fused-ring (bicyclic) bond motifs is 1. The smallest absolute Gasteiger partial charge is 0.257 e. The van der Waals surface area contributed by atoms with Gasteiger partial charge in [-0.15, -0.1) is 0 Å². The van der Waals surface area contributed by atoms with E-state index in [2.05, 4.69) is 10.3 Å². The number of aliphatic hydroxyl groups excluding tert-OH is 1. The van der Waals surface area contributed by atoms with Gasteiger partial charge in [0, 0.05) is 17.1 Å². The van der Waals surface area contributed by atoms with Gasteiger partial charge in [0.05, 0.1) is 11.6 Å². The summed E-state index contributed by atoms with van der Waals surface area (Å²) in [6, 6.07) is 7.01. The molecule has 0 saturated carbocycles. The average molecular weight is 274 g/mol. The molecule has 1 atom stereocenters. The van der Waals surface area contributed by atoms with Crippen molar-refractivity contribution in [3.63, 3.8) is 0 Å². The van der Waals surface area contributed by atoms with Crippen molar-refractivity contribution >= 4 is 16.8 Å². The molecule has 0 radical (unpaired) electrons. The molecule has 0 aliphatic rings. The molecule has 20 heavy (non-hydrogen) atoms. The molecule has 1 aromatic heterocycles. The predicted octanol–water partition coefficient (Wildman–Crippen LogP) is 1.42. The van der Waals surface area contributed by atoms with E-state index in [4.69, 9.17) is 0 Å². The number of carbonyl (C=O) groups excluding carboxylic acids is 1. The SMILES string of the molecule is CC(O)C(C)(C)NC(=O)c1c[nH]c2ccccc2c1=O. The van der Waals surface area contributed by atoms with E-state index in [1.165, 1.54) is 6.20 Å². The van der Waals surface area contributed by atoms with Gasteiger partial charge in [-0.05, 0) is 32.9 Å². The lowest BCUT2D eigenvalue weighted by Crippen LogP contribution is -2.51. The predicted molar refractivity (Wildman–Crippen MR) is 77.8 cm³/mol. The third-order valence-corrected chi connectivity index (χ3v) is 3.51. The molecule has 106 valence electrons. The maximum atomic E-state index is 12.3. The Hall–Kier alpha value is -2.14. The number of rotatable bonds is 3. The Kier molecular flexibility index (Phi) is 3.63. The topological polar surface area (TPSA) is 82.2 Å². The molecule has 5 nitrogen and oxygen atoms in total. The first-order valence-corrected chi connectivity index (χ1v) is 6.44. The minimum absolute atomic E-state index is 0.0393. The Morgan fingerprint density at radius 1 is 1.35 bits per heavy atom. The van der Waals surface area contributed by atoms with Gasteiger partial charge in [0.2, 0.25) is 5.43 Å². The highest BCUT2D eigenvalue weighted by Gasteiger charge is 2.27. The average Bonchev–Trinajstić information content (AvgIpc) is 2.38. The molecule has 0 bridgehead atoms. The van der Waals surface area contributed by atoms with E-state index < -0.39 is 17.6 Å². The summed E-state index contributed by atoms with van der Waals surface area (Å²) in [5.41, 5.74) is -0.408. The first-order chi connectivity index (χ1) is 9.33. The zero-order valence-electron chi connectivity index (χ0n) is 11.7. The van der Waals surface area contributed by atoms with Crippen LogP contribution in [0.15, 0.2) is 35.3 Å². The molecule has 2 rings (SSSR count). The fourth-order valence-corrected chi connectivity index (χ4v) is 1.80. The van der Waals surface area contributed by atoms with Crippen molar-refractivity contribution in [3.8, 4) is 0 Å². The Bertz CT molecular complexity index is 702. The van der Waals surface area contributed by atoms with Crippen LogP contribution in [0.2, 0.25) is 0 Å². The first kappa shape index (κ1) is 14.3. The van der Waals surface area contributed by atoms with Crippen LogP contribution in [0.1, 0.15) is 31.1 Å². The fourth-order valence-electron chi connectivity index (χ4n) is 1.80. The number of hydrogen-bond acceptors (Lipinski definition) is 3. The summed E-state index contributed by atoms with van der Waals surface area (Å²) in [5.74, 6) is -0.497. The number of para-hydroxylation sites is 1. The number of H-pyrrole nitrogens is 1. The number of aromatic amines is 1. The molecule has 1 unspecified atom stereocenters. The van der Waals surface area contributed by atoms with Gasteiger partial charge in [-0.1, -0.05) is 12.1 Å². The second-order valence-electron chi connectivity index (χ2n) is 5.43. The highest BCUT2D eigenvalue weighted by atomic mass is 16.3. The number of nitrogens with one attached hydrogen (secondary N) is 2. The minimum Gasteiger partial charge on any atom is -0.391 e. The summed E-state index contributed by atoms with van der Waals surface area (Å²) in [4.78, 5) is 27.4. The van der Waals surface area contributed by atoms with E-state index in [0.29, 0.717) is 10.9 Å². The number of carbonyl (C=O) groups is 1. The van der Waals surface area contributed by atoms with Gasteiger partial charge in [-0.3, -0.25) is 9.59 Å². The van der Waals surface area contributed by atoms with E-state index in [1.54, 1.807) is 39.0 Å². The first-order valence-electron chi connectivity index (χ1n) is 6.44. The van der Waals surface area contributed by atoms with E-state index in [-0.39, 0.29) is 11.0 Å². The summed E-state index contributed by atoms with van der Waals surface area (Å²) in [7, 11) is 0. The second-order valence-corrected chi connectivity index (χ2v) is 5.43. The van der Waals surface area contributed by atoms with Crippen LogP contribution in [0.3, 0.4) is 0 Å². The normalized spacial score (nSPS) is 13.2. The monoisotopic (exact) mass is 274 g/mol. The minimum atomic E-state index is -0.810. The summed E-state index contributed by atoms with van der Waals surface area (Å²) in [6.45, 7) is 4.99. The van der Waals surface area contributed by atoms with Crippen LogP contribution in [0.25, 0.3) is 10.9 Å². The van der Waals surface area contributed by atoms with Crippen LogP contribution < -0.4 is 10.7 Å². The van der Waals surface area contributed by atoms with Crippen LogP contribution in [-0.4, -0.2) is 27.6 Å². The summed E-state index contributed by atoms with van der Waals surface area (Å²) in [6.07, 6.45) is 0.670. The van der Waals surface area contributed by atoms with Gasteiger partial charge in [0.15, 0.2) is 0 Å². The van der Waals surface area contributed by atoms with Crippen molar-refractivity contribution in [1.82, 2.24) is 10.3 Å². The number of aliphatic hydroxyl groups is 1. The van der Waals surface area contributed by atoms with Crippen molar-refractivity contribution in [2.45, 2.75) is 32.4 Å². The molecule has 1 heterocycles. The largest absolute Gasteiger partial charge is 0.391 e. The van der Waals surface area contributed by atoms with Crippen molar-refractivity contribution in [2.24, 2.45) is 0 Å². The van der Waals surface area contributed by atoms with Crippen LogP contribution in [0, 0.1) is 0 Å². The highest BCUT2D eigenvalue weighted by molar-refractivity contribution is 5.97. The summed E-state index contributed by atoms with van der Waals surface area (Å²) in [5, 5.41) is 12.8. The van der Waals surface area contributed by atoms with Crippen molar-refractivity contribution < 1.29 is 9.90 Å². The maximum absolute atomic E-state index is 12.3. The lowest BCUT2D eigenvalue weighted by molar-refractivity contribution is 0.0708. The van der Waals surface area contributed by atoms with E-state index >= 15 is 0 Å². The third kappa shape index (κ3) is 2.58. The van der Waals surface area contributed by atoms with E-state index in [9.17, 15) is 14.7 Å². The molecule has 2 aromatic rings. The molecular formula is C15H18N2O3. The molecule has 1 amide bonds. The van der Waals surface area contributed by atoms with Crippen LogP contribution in [0.5, 0.6) is 0 Å². The molecule has 0 aliphatic heterocycles. The van der Waals surface area contributed by atoms with Crippen LogP contribution in [-0.2, 0) is 0 Å². The van der Waals surface area contributed by atoms with Gasteiger partial charge in [0.25, 0.3) is 5.91 Å². The molecule has 0 saturated heterocycles. The molecule has 0 spiro atoms. The van der Waals surface area contributed by atoms with Crippen molar-refractivity contribution in [1.29, 1.82) is 0 Å². The number of hydrogen-bond donors (Lipinski definition) is 3. The van der Waals surface area contributed by atoms with Crippen molar-refractivity contribution in [3.05, 3.63) is 46.2 Å². The van der Waals surface area contributed by atoms with Gasteiger partial charge in [-0.25, -0.2) is 0 Å². The van der Waals surface area contributed by atoms with Crippen LogP contribution >= 0.6 is 0 Å². The number of benzene rings is 1. The van der Waals surface area contributed by atoms with E-state index in [1.807, 2.05) is 6.07 Å². The standard InChI is InChI=1S/C15H18N2O3/c1-9(18)15(2,3)17-14(20)11-8-16-12-7-5-4-6-10(12)13(11)19/h4-9,18H,1-3H3,(H,16,19)(H,17,20). The van der Waals surface area contributed by atoms with Gasteiger partial charge in [-0.2, -0.15) is 0 Å². The molecule has 3 N–H and O–H groups in total. The fraction of sp³-hybridized carbons (Fsp3) is 0.333. The molecule has 0 aliphatic carbocycles. The Morgan fingerprint density at radius 2 is 2.00 bits per heavy atom. The highest BCUT2D eigenvalue weighted by Crippen LogP contribution is 2.11. The Morgan fingerprint density at radius 3 is 2.65 bits per heavy atom. The zero-order valence-corrected chi connectivity index (χ0v) is 11.7. The number of aromatic nitrogens is 1. The molecule has 1 aromatic carbocycles. The Labute approximate surface area is 116 Å². The van der Waals surface area contributed by atoms with Crippen LogP contribution in [0.4, 0.5) is 0 Å². The summed E-state index contributed by atoms with van der Waals surface area (Å²) >= 11 is 0. The third-order valence-electron chi connectivity index (χ3n) is 3.51. The lowest BCUT2D eigenvalue weighted by Gasteiger charge is -2.29. The second kappa shape index (κ2) is 5.09. The quantitative estimate of drug-likeness (QED) is 0.791. The lowest BCUT2D eigenvalue weighted by atomic mass is 9.98. The maximum Gasteiger partial charge on any atom is 0.257 e. The molecular weight excluding hydrogens is 256 g/mol. The van der Waals surface area contributed by atoms with Gasteiger partial charge >= 0.3 is 0 Å². The van der Waals surface area contributed by atoms with E-state index in [0.717, 1.165) is 0 Å². The van der Waals surface area contributed by atoms with Crippen molar-refractivity contribution in [2.75, 3.05) is 0 Å². The number of pyridine rings is 1. The van der Waals surface area contributed by atoms with Gasteiger partial charge < -0.3 is 15.4 Å². The Balaban J connectivity index is 2.41. The molecule has 0 fully saturated rings.